The molecule has 112 valence electrons. The van der Waals surface area contributed by atoms with Crippen LogP contribution in [0.2, 0.25) is 0 Å². The average Bonchev–Trinajstić information content (AvgIpc) is 2.27. The highest BCUT2D eigenvalue weighted by Crippen LogP contribution is 2.37. The lowest BCUT2D eigenvalue weighted by molar-refractivity contribution is -0.184. The number of halogens is 3. The maximum atomic E-state index is 12.6. The molecule has 1 N–H and O–H groups in total. The Morgan fingerprint density at radius 3 is 2.47 bits per heavy atom. The van der Waals surface area contributed by atoms with Gasteiger partial charge in [0.25, 0.3) is 0 Å². The quantitative estimate of drug-likeness (QED) is 0.859. The van der Waals surface area contributed by atoms with Crippen LogP contribution >= 0.6 is 0 Å². The second-order valence-corrected chi connectivity index (χ2v) is 7.20. The molecule has 0 aromatic carbocycles. The van der Waals surface area contributed by atoms with E-state index in [2.05, 4.69) is 5.32 Å². The van der Waals surface area contributed by atoms with Gasteiger partial charge in [-0.15, -0.1) is 0 Å². The van der Waals surface area contributed by atoms with Crippen LogP contribution in [0, 0.1) is 5.92 Å². The first-order valence-electron chi connectivity index (χ1n) is 6.20. The van der Waals surface area contributed by atoms with Gasteiger partial charge in [-0.1, -0.05) is 13.3 Å². The molecule has 0 spiro atoms. The molecular formula is C11H18F3NO3S. The van der Waals surface area contributed by atoms with E-state index >= 15 is 0 Å². The van der Waals surface area contributed by atoms with Crippen molar-refractivity contribution in [3.05, 3.63) is 0 Å². The molecule has 1 fully saturated rings. The Labute approximate surface area is 110 Å². The summed E-state index contributed by atoms with van der Waals surface area (Å²) in [6.07, 6.45) is -3.50. The summed E-state index contributed by atoms with van der Waals surface area (Å²) < 4.78 is 60.2. The number of hydrogen-bond donors (Lipinski definition) is 1. The lowest BCUT2D eigenvalue weighted by Crippen LogP contribution is -2.43. The van der Waals surface area contributed by atoms with Crippen molar-refractivity contribution < 1.29 is 26.4 Å². The fourth-order valence-electron chi connectivity index (χ4n) is 2.19. The van der Waals surface area contributed by atoms with E-state index in [1.165, 1.54) is 6.92 Å². The summed E-state index contributed by atoms with van der Waals surface area (Å²) in [7, 11) is -3.45. The van der Waals surface area contributed by atoms with Crippen LogP contribution in [0.5, 0.6) is 0 Å². The molecule has 2 atom stereocenters. The summed E-state index contributed by atoms with van der Waals surface area (Å²) in [6, 6.07) is -0.583. The molecule has 4 nitrogen and oxygen atoms in total. The Morgan fingerprint density at radius 2 is 1.95 bits per heavy atom. The van der Waals surface area contributed by atoms with Crippen molar-refractivity contribution in [2.24, 2.45) is 5.92 Å². The first-order valence-corrected chi connectivity index (χ1v) is 8.02. The van der Waals surface area contributed by atoms with E-state index in [-0.39, 0.29) is 18.6 Å². The molecule has 0 bridgehead atoms. The minimum Gasteiger partial charge on any atom is -0.352 e. The Morgan fingerprint density at radius 1 is 1.32 bits per heavy atom. The van der Waals surface area contributed by atoms with Crippen molar-refractivity contribution in [2.75, 3.05) is 11.5 Å². The van der Waals surface area contributed by atoms with E-state index in [1.807, 2.05) is 0 Å². The highest BCUT2D eigenvalue weighted by atomic mass is 32.2. The highest BCUT2D eigenvalue weighted by Gasteiger charge is 2.42. The Bertz CT molecular complexity index is 419. The third kappa shape index (κ3) is 5.38. The highest BCUT2D eigenvalue weighted by molar-refractivity contribution is 7.92. The van der Waals surface area contributed by atoms with Crippen molar-refractivity contribution in [1.82, 2.24) is 5.32 Å². The van der Waals surface area contributed by atoms with Crippen LogP contribution in [-0.2, 0) is 14.6 Å². The minimum absolute atomic E-state index is 0.0725. The molecule has 1 saturated carbocycles. The number of hydrogen-bond acceptors (Lipinski definition) is 3. The van der Waals surface area contributed by atoms with Crippen molar-refractivity contribution in [3.63, 3.8) is 0 Å². The zero-order chi connectivity index (χ0) is 14.7. The molecule has 0 aromatic rings. The minimum atomic E-state index is -4.25. The monoisotopic (exact) mass is 301 g/mol. The molecule has 1 amide bonds. The van der Waals surface area contributed by atoms with Gasteiger partial charge in [0.2, 0.25) is 5.91 Å². The summed E-state index contributed by atoms with van der Waals surface area (Å²) >= 11 is 0. The van der Waals surface area contributed by atoms with E-state index < -0.39 is 39.6 Å². The first kappa shape index (κ1) is 16.3. The Kier molecular flexibility index (Phi) is 5.23. The van der Waals surface area contributed by atoms with Gasteiger partial charge in [0.05, 0.1) is 5.92 Å². The second-order valence-electron chi connectivity index (χ2n) is 4.85. The number of sulfone groups is 1. The van der Waals surface area contributed by atoms with Gasteiger partial charge in [-0.3, -0.25) is 4.79 Å². The number of nitrogens with one attached hydrogen (secondary N) is 1. The fraction of sp³-hybridized carbons (Fsp3) is 0.909. The third-order valence-corrected chi connectivity index (χ3v) is 4.87. The maximum absolute atomic E-state index is 12.6. The molecular weight excluding hydrogens is 283 g/mol. The van der Waals surface area contributed by atoms with Crippen LogP contribution in [0.3, 0.4) is 0 Å². The molecule has 1 aliphatic rings. The summed E-state index contributed by atoms with van der Waals surface area (Å²) in [5.41, 5.74) is 0. The molecule has 0 aliphatic heterocycles. The number of alkyl halides is 3. The predicted octanol–water partition coefficient (Wildman–Crippen LogP) is 1.66. The van der Waals surface area contributed by atoms with Gasteiger partial charge in [-0.05, 0) is 19.3 Å². The molecule has 0 radical (unpaired) electrons. The van der Waals surface area contributed by atoms with Crippen LogP contribution in [0.25, 0.3) is 0 Å². The number of carbonyl (C=O) groups is 1. The number of rotatable bonds is 4. The van der Waals surface area contributed by atoms with Gasteiger partial charge < -0.3 is 5.32 Å². The van der Waals surface area contributed by atoms with E-state index in [4.69, 9.17) is 0 Å². The number of carbonyl (C=O) groups excluding carboxylic acids is 1. The Balaban J connectivity index is 2.51. The lowest BCUT2D eigenvalue weighted by atomic mass is 9.85. The van der Waals surface area contributed by atoms with Gasteiger partial charge in [-0.2, -0.15) is 13.2 Å². The van der Waals surface area contributed by atoms with Gasteiger partial charge in [0.1, 0.15) is 5.75 Å². The largest absolute Gasteiger partial charge is 0.391 e. The molecule has 1 aliphatic carbocycles. The van der Waals surface area contributed by atoms with Gasteiger partial charge in [0, 0.05) is 11.8 Å². The fourth-order valence-corrected chi connectivity index (χ4v) is 2.88. The van der Waals surface area contributed by atoms with Crippen LogP contribution in [0.4, 0.5) is 13.2 Å². The predicted molar refractivity (Wildman–Crippen MR) is 64.3 cm³/mol. The zero-order valence-electron chi connectivity index (χ0n) is 10.7. The molecule has 19 heavy (non-hydrogen) atoms. The number of amides is 1. The summed E-state index contributed by atoms with van der Waals surface area (Å²) in [6.45, 7) is 1.42. The maximum Gasteiger partial charge on any atom is 0.391 e. The first-order chi connectivity index (χ1) is 8.64. The van der Waals surface area contributed by atoms with Gasteiger partial charge >= 0.3 is 6.18 Å². The van der Waals surface area contributed by atoms with Crippen LogP contribution in [0.1, 0.15) is 32.6 Å². The van der Waals surface area contributed by atoms with E-state index in [9.17, 15) is 26.4 Å². The topological polar surface area (TPSA) is 63.2 Å². The molecule has 8 heteroatoms. The smallest absolute Gasteiger partial charge is 0.352 e. The van der Waals surface area contributed by atoms with Crippen LogP contribution in [0.15, 0.2) is 0 Å². The molecule has 1 rings (SSSR count). The zero-order valence-corrected chi connectivity index (χ0v) is 11.5. The standard InChI is InChI=1S/C11H18F3NO3S/c1-2-19(17,18)7-10(16)15-9-5-3-4-8(6-9)11(12,13)14/h8-9H,2-7H2,1H3,(H,15,16)/t8-,9-/m0/s1. The van der Waals surface area contributed by atoms with Gasteiger partial charge in [0.15, 0.2) is 9.84 Å². The van der Waals surface area contributed by atoms with Crippen LogP contribution in [-0.4, -0.2) is 38.0 Å². The van der Waals surface area contributed by atoms with Crippen LogP contribution < -0.4 is 5.32 Å². The summed E-state index contributed by atoms with van der Waals surface area (Å²) in [4.78, 5) is 11.5. The summed E-state index contributed by atoms with van der Waals surface area (Å²) in [5, 5.41) is 2.39. The van der Waals surface area contributed by atoms with E-state index in [0.29, 0.717) is 12.8 Å². The SMILES string of the molecule is CCS(=O)(=O)CC(=O)N[C@H]1CCC[C@H](C(F)(F)F)C1. The van der Waals surface area contributed by atoms with Crippen molar-refractivity contribution >= 4 is 15.7 Å². The van der Waals surface area contributed by atoms with Gasteiger partial charge in [-0.25, -0.2) is 8.42 Å². The third-order valence-electron chi connectivity index (χ3n) is 3.29. The second kappa shape index (κ2) is 6.11. The van der Waals surface area contributed by atoms with E-state index in [1.54, 1.807) is 0 Å². The Hall–Kier alpha value is -0.790. The molecule has 0 aromatic heterocycles. The van der Waals surface area contributed by atoms with E-state index in [0.717, 1.165) is 0 Å². The molecule has 0 heterocycles. The van der Waals surface area contributed by atoms with Crippen molar-refractivity contribution in [2.45, 2.75) is 44.8 Å². The average molecular weight is 301 g/mol. The summed E-state index contributed by atoms with van der Waals surface area (Å²) in [5.74, 6) is -2.93. The van der Waals surface area contributed by atoms with Crippen molar-refractivity contribution in [1.29, 1.82) is 0 Å². The molecule has 0 saturated heterocycles. The van der Waals surface area contributed by atoms with Crippen molar-refractivity contribution in [3.8, 4) is 0 Å². The normalized spacial score (nSPS) is 25.1. The lowest BCUT2D eigenvalue weighted by Gasteiger charge is -2.30. The molecule has 0 unspecified atom stereocenters.